The summed E-state index contributed by atoms with van der Waals surface area (Å²) in [4.78, 5) is 24.0. The summed E-state index contributed by atoms with van der Waals surface area (Å²) in [5.41, 5.74) is 0.785. The molecule has 0 heterocycles. The summed E-state index contributed by atoms with van der Waals surface area (Å²) in [7, 11) is 1.71. The maximum Gasteiger partial charge on any atom is 0.269 e. The molecule has 0 saturated carbocycles. The van der Waals surface area contributed by atoms with Crippen molar-refractivity contribution >= 4 is 27.5 Å². The Hall–Kier alpha value is -1.43. The number of nitro benzene ring substituents is 1. The molecule has 1 aromatic rings. The van der Waals surface area contributed by atoms with Crippen molar-refractivity contribution in [3.05, 3.63) is 39.9 Å². The van der Waals surface area contributed by atoms with E-state index in [1.165, 1.54) is 12.1 Å². The number of carbonyl (C=O) groups excluding carboxylic acids is 1. The molecule has 2 unspecified atom stereocenters. The van der Waals surface area contributed by atoms with E-state index in [1.54, 1.807) is 24.1 Å². The van der Waals surface area contributed by atoms with Gasteiger partial charge in [0.2, 0.25) is 5.91 Å². The van der Waals surface area contributed by atoms with Gasteiger partial charge in [-0.15, -0.1) is 0 Å². The Morgan fingerprint density at radius 2 is 1.95 bits per heavy atom. The average molecular weight is 343 g/mol. The molecule has 5 nitrogen and oxygen atoms in total. The highest BCUT2D eigenvalue weighted by atomic mass is 79.9. The SMILES string of the molecule is CC(C)C(Br)C(=O)N(C)C(C)c1cccc([N+](=O)[O-])c1. The highest BCUT2D eigenvalue weighted by molar-refractivity contribution is 9.10. The third kappa shape index (κ3) is 3.79. The molecule has 110 valence electrons. The quantitative estimate of drug-likeness (QED) is 0.467. The smallest absolute Gasteiger partial charge is 0.269 e. The van der Waals surface area contributed by atoms with Crippen molar-refractivity contribution in [3.63, 3.8) is 0 Å². The molecule has 0 N–H and O–H groups in total. The zero-order valence-corrected chi connectivity index (χ0v) is 13.6. The van der Waals surface area contributed by atoms with Gasteiger partial charge in [0.25, 0.3) is 5.69 Å². The van der Waals surface area contributed by atoms with Crippen LogP contribution in [0.25, 0.3) is 0 Å². The first-order chi connectivity index (χ1) is 9.25. The standard InChI is InChI=1S/C14H19BrN2O3/c1-9(2)13(15)14(18)16(4)10(3)11-6-5-7-12(8-11)17(19)20/h5-10,13H,1-4H3. The maximum atomic E-state index is 12.3. The lowest BCUT2D eigenvalue weighted by molar-refractivity contribution is -0.384. The Labute approximate surface area is 127 Å². The van der Waals surface area contributed by atoms with Crippen molar-refractivity contribution < 1.29 is 9.72 Å². The number of nitrogens with zero attached hydrogens (tertiary/aromatic N) is 2. The highest BCUT2D eigenvalue weighted by Crippen LogP contribution is 2.25. The molecule has 0 radical (unpaired) electrons. The van der Waals surface area contributed by atoms with Crippen LogP contribution in [0, 0.1) is 16.0 Å². The molecule has 0 aliphatic rings. The molecule has 0 aliphatic carbocycles. The van der Waals surface area contributed by atoms with Crippen molar-refractivity contribution in [3.8, 4) is 0 Å². The molecule has 1 amide bonds. The van der Waals surface area contributed by atoms with E-state index in [2.05, 4.69) is 15.9 Å². The summed E-state index contributed by atoms with van der Waals surface area (Å²) in [6.07, 6.45) is 0. The van der Waals surface area contributed by atoms with Crippen LogP contribution in [-0.4, -0.2) is 27.6 Å². The highest BCUT2D eigenvalue weighted by Gasteiger charge is 2.26. The maximum absolute atomic E-state index is 12.3. The Kier molecular flexibility index (Phi) is 5.68. The van der Waals surface area contributed by atoms with Gasteiger partial charge in [-0.1, -0.05) is 41.9 Å². The van der Waals surface area contributed by atoms with Crippen molar-refractivity contribution in [1.29, 1.82) is 0 Å². The summed E-state index contributed by atoms with van der Waals surface area (Å²) >= 11 is 3.39. The second kappa shape index (κ2) is 6.83. The number of amides is 1. The predicted octanol–water partition coefficient (Wildman–Crippen LogP) is 3.53. The fraction of sp³-hybridized carbons (Fsp3) is 0.500. The minimum absolute atomic E-state index is 0.0287. The number of carbonyl (C=O) groups is 1. The van der Waals surface area contributed by atoms with Gasteiger partial charge in [0.05, 0.1) is 15.8 Å². The Morgan fingerprint density at radius 3 is 2.45 bits per heavy atom. The van der Waals surface area contributed by atoms with Gasteiger partial charge < -0.3 is 4.90 Å². The predicted molar refractivity (Wildman–Crippen MR) is 81.8 cm³/mol. The lowest BCUT2D eigenvalue weighted by Gasteiger charge is -2.28. The fourth-order valence-corrected chi connectivity index (χ4v) is 2.12. The normalized spacial score (nSPS) is 13.9. The molecule has 2 atom stereocenters. The molecular weight excluding hydrogens is 324 g/mol. The van der Waals surface area contributed by atoms with Gasteiger partial charge in [0.1, 0.15) is 0 Å². The van der Waals surface area contributed by atoms with Crippen LogP contribution in [0.2, 0.25) is 0 Å². The van der Waals surface area contributed by atoms with Crippen LogP contribution in [-0.2, 0) is 4.79 Å². The van der Waals surface area contributed by atoms with E-state index in [9.17, 15) is 14.9 Å². The van der Waals surface area contributed by atoms with E-state index in [1.807, 2.05) is 20.8 Å². The summed E-state index contributed by atoms with van der Waals surface area (Å²) in [5, 5.41) is 10.8. The van der Waals surface area contributed by atoms with Crippen LogP contribution in [0.4, 0.5) is 5.69 Å². The molecule has 0 bridgehead atoms. The van der Waals surface area contributed by atoms with E-state index < -0.39 is 4.92 Å². The first-order valence-electron chi connectivity index (χ1n) is 6.40. The van der Waals surface area contributed by atoms with Gasteiger partial charge in [0.15, 0.2) is 0 Å². The van der Waals surface area contributed by atoms with Crippen LogP contribution < -0.4 is 0 Å². The summed E-state index contributed by atoms with van der Waals surface area (Å²) in [6.45, 7) is 5.78. The summed E-state index contributed by atoms with van der Waals surface area (Å²) < 4.78 is 0. The molecule has 0 fully saturated rings. The largest absolute Gasteiger partial charge is 0.338 e. The minimum Gasteiger partial charge on any atom is -0.338 e. The Bertz CT molecular complexity index is 505. The van der Waals surface area contributed by atoms with E-state index in [0.717, 1.165) is 5.56 Å². The van der Waals surface area contributed by atoms with Crippen molar-refractivity contribution in [2.75, 3.05) is 7.05 Å². The Balaban J connectivity index is 2.94. The monoisotopic (exact) mass is 342 g/mol. The molecule has 0 saturated heterocycles. The average Bonchev–Trinajstić information content (AvgIpc) is 2.43. The number of hydrogen-bond donors (Lipinski definition) is 0. The number of rotatable bonds is 5. The minimum atomic E-state index is -0.431. The first-order valence-corrected chi connectivity index (χ1v) is 7.32. The lowest BCUT2D eigenvalue weighted by atomic mass is 10.0. The molecule has 1 rings (SSSR count). The molecule has 0 spiro atoms. The Morgan fingerprint density at radius 1 is 1.35 bits per heavy atom. The van der Waals surface area contributed by atoms with Crippen molar-refractivity contribution in [2.24, 2.45) is 5.92 Å². The van der Waals surface area contributed by atoms with Crippen LogP contribution >= 0.6 is 15.9 Å². The summed E-state index contributed by atoms with van der Waals surface area (Å²) in [6, 6.07) is 6.16. The van der Waals surface area contributed by atoms with Crippen molar-refractivity contribution in [1.82, 2.24) is 4.90 Å². The number of non-ortho nitro benzene ring substituents is 1. The molecule has 6 heteroatoms. The molecule has 1 aromatic carbocycles. The van der Waals surface area contributed by atoms with Gasteiger partial charge >= 0.3 is 0 Å². The topological polar surface area (TPSA) is 63.5 Å². The number of benzene rings is 1. The van der Waals surface area contributed by atoms with Crippen LogP contribution in [0.3, 0.4) is 0 Å². The van der Waals surface area contributed by atoms with Gasteiger partial charge in [0, 0.05) is 19.2 Å². The van der Waals surface area contributed by atoms with Gasteiger partial charge in [-0.05, 0) is 18.4 Å². The van der Waals surface area contributed by atoms with Crippen LogP contribution in [0.1, 0.15) is 32.4 Å². The van der Waals surface area contributed by atoms with Gasteiger partial charge in [-0.2, -0.15) is 0 Å². The second-order valence-electron chi connectivity index (χ2n) is 5.12. The number of alkyl halides is 1. The van der Waals surface area contributed by atoms with Gasteiger partial charge in [-0.3, -0.25) is 14.9 Å². The zero-order chi connectivity index (χ0) is 15.4. The lowest BCUT2D eigenvalue weighted by Crippen LogP contribution is -2.37. The summed E-state index contributed by atoms with van der Waals surface area (Å²) in [5.74, 6) is 0.154. The van der Waals surface area contributed by atoms with E-state index in [4.69, 9.17) is 0 Å². The number of nitro groups is 1. The molecule has 0 aliphatic heterocycles. The molecule has 0 aromatic heterocycles. The fourth-order valence-electron chi connectivity index (χ4n) is 1.79. The molecule has 20 heavy (non-hydrogen) atoms. The second-order valence-corrected chi connectivity index (χ2v) is 6.11. The number of halogens is 1. The van der Waals surface area contributed by atoms with Crippen LogP contribution in [0.15, 0.2) is 24.3 Å². The molecular formula is C14H19BrN2O3. The first kappa shape index (κ1) is 16.6. The third-order valence-electron chi connectivity index (χ3n) is 3.31. The number of hydrogen-bond acceptors (Lipinski definition) is 3. The third-order valence-corrected chi connectivity index (χ3v) is 4.76. The van der Waals surface area contributed by atoms with E-state index >= 15 is 0 Å². The van der Waals surface area contributed by atoms with Crippen LogP contribution in [0.5, 0.6) is 0 Å². The van der Waals surface area contributed by atoms with E-state index in [0.29, 0.717) is 0 Å². The van der Waals surface area contributed by atoms with Crippen molar-refractivity contribution in [2.45, 2.75) is 31.6 Å². The zero-order valence-electron chi connectivity index (χ0n) is 12.0. The van der Waals surface area contributed by atoms with Gasteiger partial charge in [-0.25, -0.2) is 0 Å². The van der Waals surface area contributed by atoms with E-state index in [-0.39, 0.29) is 28.4 Å².